The van der Waals surface area contributed by atoms with Crippen molar-refractivity contribution >= 4 is 5.91 Å². The maximum atomic E-state index is 13.3. The molecule has 1 amide bonds. The number of halogens is 1. The number of carbonyl (C=O) groups is 1. The third kappa shape index (κ3) is 4.42. The van der Waals surface area contributed by atoms with Gasteiger partial charge in [-0.05, 0) is 47.9 Å². The van der Waals surface area contributed by atoms with Gasteiger partial charge in [-0.15, -0.1) is 0 Å². The van der Waals surface area contributed by atoms with E-state index in [1.165, 1.54) is 12.1 Å². The molecule has 6 nitrogen and oxygen atoms in total. The topological polar surface area (TPSA) is 65.4 Å². The molecule has 7 heteroatoms. The summed E-state index contributed by atoms with van der Waals surface area (Å²) in [6.45, 7) is 1.48. The van der Waals surface area contributed by atoms with E-state index in [4.69, 9.17) is 9.47 Å². The van der Waals surface area contributed by atoms with Crippen molar-refractivity contribution in [3.05, 3.63) is 83.4 Å². The first kappa shape index (κ1) is 20.3. The average Bonchev–Trinajstić information content (AvgIpc) is 3.42. The lowest BCUT2D eigenvalue weighted by molar-refractivity contribution is -0.127. The molecule has 1 aliphatic heterocycles. The van der Waals surface area contributed by atoms with Crippen molar-refractivity contribution in [1.82, 2.24) is 15.1 Å². The molecule has 0 saturated carbocycles. The van der Waals surface area contributed by atoms with Crippen LogP contribution in [0.5, 0.6) is 0 Å². The maximum Gasteiger partial charge on any atom is 0.226 e. The summed E-state index contributed by atoms with van der Waals surface area (Å²) in [6, 6.07) is 15.9. The van der Waals surface area contributed by atoms with E-state index in [0.29, 0.717) is 26.2 Å². The predicted molar refractivity (Wildman–Crippen MR) is 109 cm³/mol. The molecule has 1 aromatic heterocycles. The summed E-state index contributed by atoms with van der Waals surface area (Å²) in [5.74, 6) is -0.680. The summed E-state index contributed by atoms with van der Waals surface area (Å²) >= 11 is 0. The summed E-state index contributed by atoms with van der Waals surface area (Å²) in [5, 5.41) is 7.38. The van der Waals surface area contributed by atoms with Crippen LogP contribution in [0.25, 0.3) is 5.69 Å². The number of aromatic nitrogens is 2. The lowest BCUT2D eigenvalue weighted by Crippen LogP contribution is -2.32. The van der Waals surface area contributed by atoms with Gasteiger partial charge in [-0.2, -0.15) is 5.10 Å². The monoisotopic (exact) mass is 409 g/mol. The Labute approximate surface area is 174 Å². The third-order valence-electron chi connectivity index (χ3n) is 5.23. The Balaban J connectivity index is 1.46. The molecule has 30 heavy (non-hydrogen) atoms. The molecule has 0 aliphatic carbocycles. The molecular weight excluding hydrogens is 385 g/mol. The van der Waals surface area contributed by atoms with E-state index in [0.717, 1.165) is 22.5 Å². The minimum atomic E-state index is -0.405. The minimum absolute atomic E-state index is 0.0542. The summed E-state index contributed by atoms with van der Waals surface area (Å²) in [4.78, 5) is 12.9. The molecule has 2 aromatic carbocycles. The van der Waals surface area contributed by atoms with Gasteiger partial charge in [0.05, 0.1) is 23.9 Å². The van der Waals surface area contributed by atoms with Crippen LogP contribution in [0.4, 0.5) is 4.39 Å². The number of hydrogen-bond donors (Lipinski definition) is 1. The third-order valence-corrected chi connectivity index (χ3v) is 5.23. The van der Waals surface area contributed by atoms with Crippen LogP contribution in [-0.2, 0) is 27.4 Å². The Kier molecular flexibility index (Phi) is 6.21. The summed E-state index contributed by atoms with van der Waals surface area (Å²) in [7, 11) is 1.66. The first-order valence-corrected chi connectivity index (χ1v) is 9.91. The molecule has 1 N–H and O–H groups in total. The number of carbonyl (C=O) groups excluding carboxylic acids is 1. The zero-order valence-electron chi connectivity index (χ0n) is 16.8. The van der Waals surface area contributed by atoms with Crippen LogP contribution in [0.3, 0.4) is 0 Å². The molecule has 0 spiro atoms. The standard InChI is InChI=1S/C23H24FN3O3/c1-29-15-17-4-2-3-16(13-17)14-25-23(28)20-10-12-30-22(20)21-9-11-26-27(21)19-7-5-18(24)6-8-19/h2-9,11,13,20,22H,10,12,14-15H2,1H3,(H,25,28)/t20-,22-/m0/s1. The maximum absolute atomic E-state index is 13.3. The van der Waals surface area contributed by atoms with Crippen molar-refractivity contribution in [2.24, 2.45) is 5.92 Å². The van der Waals surface area contributed by atoms with E-state index < -0.39 is 6.10 Å². The molecule has 1 aliphatic rings. The van der Waals surface area contributed by atoms with Crippen LogP contribution >= 0.6 is 0 Å². The summed E-state index contributed by atoms with van der Waals surface area (Å²) in [5.41, 5.74) is 3.58. The Bertz CT molecular complexity index is 1000. The van der Waals surface area contributed by atoms with E-state index in [9.17, 15) is 9.18 Å². The molecule has 3 aromatic rings. The largest absolute Gasteiger partial charge is 0.380 e. The summed E-state index contributed by atoms with van der Waals surface area (Å²) in [6.07, 6.45) is 1.89. The lowest BCUT2D eigenvalue weighted by atomic mass is 9.97. The quantitative estimate of drug-likeness (QED) is 0.648. The smallest absolute Gasteiger partial charge is 0.226 e. The van der Waals surface area contributed by atoms with Gasteiger partial charge in [0.1, 0.15) is 11.9 Å². The molecule has 2 atom stereocenters. The van der Waals surface area contributed by atoms with Crippen molar-refractivity contribution in [3.8, 4) is 5.69 Å². The molecule has 156 valence electrons. The highest BCUT2D eigenvalue weighted by Crippen LogP contribution is 2.35. The lowest BCUT2D eigenvalue weighted by Gasteiger charge is -2.20. The highest BCUT2D eigenvalue weighted by atomic mass is 19.1. The zero-order valence-corrected chi connectivity index (χ0v) is 16.8. The van der Waals surface area contributed by atoms with Crippen molar-refractivity contribution in [3.63, 3.8) is 0 Å². The molecule has 0 unspecified atom stereocenters. The van der Waals surface area contributed by atoms with Crippen molar-refractivity contribution in [1.29, 1.82) is 0 Å². The Morgan fingerprint density at radius 1 is 1.23 bits per heavy atom. The van der Waals surface area contributed by atoms with Crippen LogP contribution in [0.1, 0.15) is 29.3 Å². The van der Waals surface area contributed by atoms with Gasteiger partial charge in [0, 0.05) is 26.5 Å². The summed E-state index contributed by atoms with van der Waals surface area (Å²) < 4.78 is 26.0. The first-order chi connectivity index (χ1) is 14.7. The highest BCUT2D eigenvalue weighted by Gasteiger charge is 2.37. The minimum Gasteiger partial charge on any atom is -0.380 e. The molecule has 1 saturated heterocycles. The number of nitrogens with zero attached hydrogens (tertiary/aromatic N) is 2. The fraction of sp³-hybridized carbons (Fsp3) is 0.304. The van der Waals surface area contributed by atoms with Crippen LogP contribution in [0.2, 0.25) is 0 Å². The number of ether oxygens (including phenoxy) is 2. The van der Waals surface area contributed by atoms with E-state index in [2.05, 4.69) is 10.4 Å². The van der Waals surface area contributed by atoms with Gasteiger partial charge in [0.25, 0.3) is 0 Å². The number of amides is 1. The number of rotatable bonds is 7. The molecule has 0 bridgehead atoms. The van der Waals surface area contributed by atoms with Crippen molar-refractivity contribution < 1.29 is 18.7 Å². The van der Waals surface area contributed by atoms with Gasteiger partial charge in [0.2, 0.25) is 5.91 Å². The van der Waals surface area contributed by atoms with E-state index in [-0.39, 0.29) is 17.6 Å². The fourth-order valence-electron chi connectivity index (χ4n) is 3.79. The average molecular weight is 409 g/mol. The van der Waals surface area contributed by atoms with Gasteiger partial charge >= 0.3 is 0 Å². The second kappa shape index (κ2) is 9.19. The highest BCUT2D eigenvalue weighted by molar-refractivity contribution is 5.79. The predicted octanol–water partition coefficient (Wildman–Crippen LogP) is 3.55. The normalized spacial score (nSPS) is 18.5. The van der Waals surface area contributed by atoms with Crippen LogP contribution in [0, 0.1) is 11.7 Å². The second-order valence-corrected chi connectivity index (χ2v) is 7.30. The molecule has 4 rings (SSSR count). The number of methoxy groups -OCH3 is 1. The molecule has 1 fully saturated rings. The zero-order chi connectivity index (χ0) is 20.9. The van der Waals surface area contributed by atoms with Crippen molar-refractivity contribution in [2.45, 2.75) is 25.7 Å². The van der Waals surface area contributed by atoms with Crippen LogP contribution in [0.15, 0.2) is 60.8 Å². The Morgan fingerprint density at radius 3 is 2.83 bits per heavy atom. The van der Waals surface area contributed by atoms with E-state index in [1.807, 2.05) is 30.3 Å². The van der Waals surface area contributed by atoms with Gasteiger partial charge in [-0.25, -0.2) is 9.07 Å². The van der Waals surface area contributed by atoms with Crippen LogP contribution in [-0.4, -0.2) is 29.4 Å². The van der Waals surface area contributed by atoms with Gasteiger partial charge in [-0.3, -0.25) is 4.79 Å². The van der Waals surface area contributed by atoms with Gasteiger partial charge in [0.15, 0.2) is 0 Å². The first-order valence-electron chi connectivity index (χ1n) is 9.91. The Hall–Kier alpha value is -3.03. The second-order valence-electron chi connectivity index (χ2n) is 7.30. The SMILES string of the molecule is COCc1cccc(CNC(=O)[C@H]2CCO[C@@H]2c2ccnn2-c2ccc(F)cc2)c1. The number of nitrogens with one attached hydrogen (secondary N) is 1. The fourth-order valence-corrected chi connectivity index (χ4v) is 3.79. The van der Waals surface area contributed by atoms with Gasteiger partial charge < -0.3 is 14.8 Å². The van der Waals surface area contributed by atoms with Crippen molar-refractivity contribution in [2.75, 3.05) is 13.7 Å². The Morgan fingerprint density at radius 2 is 2.03 bits per heavy atom. The van der Waals surface area contributed by atoms with E-state index in [1.54, 1.807) is 30.1 Å². The van der Waals surface area contributed by atoms with Gasteiger partial charge in [-0.1, -0.05) is 24.3 Å². The number of hydrogen-bond acceptors (Lipinski definition) is 4. The van der Waals surface area contributed by atoms with Crippen LogP contribution < -0.4 is 5.32 Å². The van der Waals surface area contributed by atoms with E-state index >= 15 is 0 Å². The molecule has 0 radical (unpaired) electrons. The number of benzene rings is 2. The molecule has 2 heterocycles. The molecular formula is C23H24FN3O3.